The molecule has 0 unspecified atom stereocenters. The van der Waals surface area contributed by atoms with E-state index >= 15 is 0 Å². The standard InChI is InChI=1S/C12H16ClNO3S/c1-9(2)7-14-12(15)8-18(16,17)11-5-3-10(13)4-6-11/h3-6,9H,7-8H2,1-2H3,(H,14,15). The summed E-state index contributed by atoms with van der Waals surface area (Å²) in [5.74, 6) is -0.743. The van der Waals surface area contributed by atoms with E-state index in [1.165, 1.54) is 24.3 Å². The lowest BCUT2D eigenvalue weighted by molar-refractivity contribution is -0.118. The van der Waals surface area contributed by atoms with Crippen LogP contribution < -0.4 is 5.32 Å². The highest BCUT2D eigenvalue weighted by Gasteiger charge is 2.19. The third-order valence-corrected chi connectivity index (χ3v) is 4.09. The second kappa shape index (κ2) is 6.20. The van der Waals surface area contributed by atoms with Crippen molar-refractivity contribution in [2.24, 2.45) is 5.92 Å². The lowest BCUT2D eigenvalue weighted by atomic mass is 10.2. The first-order valence-corrected chi connectivity index (χ1v) is 7.59. The summed E-state index contributed by atoms with van der Waals surface area (Å²) in [7, 11) is -3.59. The van der Waals surface area contributed by atoms with E-state index in [1.807, 2.05) is 13.8 Å². The molecule has 0 saturated heterocycles. The summed E-state index contributed by atoms with van der Waals surface area (Å²) in [4.78, 5) is 11.6. The highest BCUT2D eigenvalue weighted by Crippen LogP contribution is 2.15. The summed E-state index contributed by atoms with van der Waals surface area (Å²) in [6.45, 7) is 4.34. The molecule has 0 aliphatic carbocycles. The van der Waals surface area contributed by atoms with E-state index in [2.05, 4.69) is 5.32 Å². The topological polar surface area (TPSA) is 63.2 Å². The molecule has 0 bridgehead atoms. The average molecular weight is 290 g/mol. The Hall–Kier alpha value is -1.07. The second-order valence-corrected chi connectivity index (χ2v) is 6.84. The van der Waals surface area contributed by atoms with Crippen molar-refractivity contribution in [2.45, 2.75) is 18.7 Å². The van der Waals surface area contributed by atoms with Crippen LogP contribution in [0.3, 0.4) is 0 Å². The van der Waals surface area contributed by atoms with E-state index in [0.717, 1.165) is 0 Å². The summed E-state index contributed by atoms with van der Waals surface area (Å²) in [6.07, 6.45) is 0. The van der Waals surface area contributed by atoms with Gasteiger partial charge in [-0.3, -0.25) is 4.79 Å². The van der Waals surface area contributed by atoms with Gasteiger partial charge in [0.05, 0.1) is 4.90 Å². The molecule has 0 aliphatic rings. The van der Waals surface area contributed by atoms with E-state index in [-0.39, 0.29) is 10.8 Å². The van der Waals surface area contributed by atoms with Gasteiger partial charge in [-0.25, -0.2) is 8.42 Å². The van der Waals surface area contributed by atoms with Crippen molar-refractivity contribution < 1.29 is 13.2 Å². The summed E-state index contributed by atoms with van der Waals surface area (Å²) >= 11 is 5.68. The van der Waals surface area contributed by atoms with Crippen molar-refractivity contribution in [1.29, 1.82) is 0 Å². The number of hydrogen-bond acceptors (Lipinski definition) is 3. The molecule has 0 atom stereocenters. The van der Waals surface area contributed by atoms with E-state index in [4.69, 9.17) is 11.6 Å². The van der Waals surface area contributed by atoms with Gasteiger partial charge in [-0.2, -0.15) is 0 Å². The first-order chi connectivity index (χ1) is 8.31. The molecule has 0 fully saturated rings. The number of sulfone groups is 1. The molecule has 1 rings (SSSR count). The molecule has 1 N–H and O–H groups in total. The number of rotatable bonds is 5. The first kappa shape index (κ1) is 15.0. The van der Waals surface area contributed by atoms with E-state index in [0.29, 0.717) is 11.6 Å². The molecule has 100 valence electrons. The van der Waals surface area contributed by atoms with Crippen LogP contribution in [-0.4, -0.2) is 26.6 Å². The van der Waals surface area contributed by atoms with Crippen LogP contribution in [0.15, 0.2) is 29.2 Å². The predicted octanol–water partition coefficient (Wildman–Crippen LogP) is 1.89. The molecule has 0 radical (unpaired) electrons. The van der Waals surface area contributed by atoms with Crippen molar-refractivity contribution in [3.63, 3.8) is 0 Å². The van der Waals surface area contributed by atoms with Gasteiger partial charge < -0.3 is 5.32 Å². The molecule has 1 aromatic carbocycles. The number of hydrogen-bond donors (Lipinski definition) is 1. The molecule has 0 heterocycles. The minimum absolute atomic E-state index is 0.103. The normalized spacial score (nSPS) is 11.6. The van der Waals surface area contributed by atoms with Crippen LogP contribution in [0.4, 0.5) is 0 Å². The van der Waals surface area contributed by atoms with Gasteiger partial charge in [0, 0.05) is 11.6 Å². The Labute approximate surface area is 112 Å². The maximum Gasteiger partial charge on any atom is 0.235 e. The lowest BCUT2D eigenvalue weighted by Gasteiger charge is -2.08. The fourth-order valence-corrected chi connectivity index (χ4v) is 2.56. The lowest BCUT2D eigenvalue weighted by Crippen LogP contribution is -2.32. The van der Waals surface area contributed by atoms with Crippen molar-refractivity contribution in [3.8, 4) is 0 Å². The minimum atomic E-state index is -3.59. The van der Waals surface area contributed by atoms with Gasteiger partial charge in [-0.05, 0) is 30.2 Å². The van der Waals surface area contributed by atoms with Crippen molar-refractivity contribution in [1.82, 2.24) is 5.32 Å². The predicted molar refractivity (Wildman–Crippen MR) is 71.4 cm³/mol. The van der Waals surface area contributed by atoms with Crippen LogP contribution >= 0.6 is 11.6 Å². The number of benzene rings is 1. The highest BCUT2D eigenvalue weighted by molar-refractivity contribution is 7.92. The van der Waals surface area contributed by atoms with E-state index in [1.54, 1.807) is 0 Å². The zero-order valence-electron chi connectivity index (χ0n) is 10.3. The Morgan fingerprint density at radius 2 is 1.83 bits per heavy atom. The van der Waals surface area contributed by atoms with E-state index < -0.39 is 21.5 Å². The molecule has 0 aromatic heterocycles. The van der Waals surface area contributed by atoms with Gasteiger partial charge >= 0.3 is 0 Å². The molecule has 1 aromatic rings. The zero-order chi connectivity index (χ0) is 13.8. The molecule has 6 heteroatoms. The highest BCUT2D eigenvalue weighted by atomic mass is 35.5. The van der Waals surface area contributed by atoms with Crippen LogP contribution in [-0.2, 0) is 14.6 Å². The number of halogens is 1. The number of nitrogens with one attached hydrogen (secondary N) is 1. The summed E-state index contributed by atoms with van der Waals surface area (Å²) < 4.78 is 23.8. The molecule has 4 nitrogen and oxygen atoms in total. The molecule has 0 saturated carbocycles. The molecule has 18 heavy (non-hydrogen) atoms. The average Bonchev–Trinajstić information content (AvgIpc) is 2.26. The Balaban J connectivity index is 2.70. The Morgan fingerprint density at radius 3 is 2.33 bits per heavy atom. The van der Waals surface area contributed by atoms with Crippen LogP contribution in [0.1, 0.15) is 13.8 Å². The molecular formula is C12H16ClNO3S. The monoisotopic (exact) mass is 289 g/mol. The van der Waals surface area contributed by atoms with Gasteiger partial charge in [-0.15, -0.1) is 0 Å². The van der Waals surface area contributed by atoms with Gasteiger partial charge in [-0.1, -0.05) is 25.4 Å². The number of carbonyl (C=O) groups excluding carboxylic acids is 1. The second-order valence-electron chi connectivity index (χ2n) is 4.41. The van der Waals surface area contributed by atoms with Crippen LogP contribution in [0.25, 0.3) is 0 Å². The molecule has 0 spiro atoms. The van der Waals surface area contributed by atoms with Crippen LogP contribution in [0.2, 0.25) is 5.02 Å². The Morgan fingerprint density at radius 1 is 1.28 bits per heavy atom. The molecule has 1 amide bonds. The number of amides is 1. The Bertz CT molecular complexity index is 509. The van der Waals surface area contributed by atoms with Crippen molar-refractivity contribution in [3.05, 3.63) is 29.3 Å². The van der Waals surface area contributed by atoms with Crippen LogP contribution in [0.5, 0.6) is 0 Å². The SMILES string of the molecule is CC(C)CNC(=O)CS(=O)(=O)c1ccc(Cl)cc1. The summed E-state index contributed by atoms with van der Waals surface area (Å²) in [5.41, 5.74) is 0. The first-order valence-electron chi connectivity index (χ1n) is 5.56. The zero-order valence-corrected chi connectivity index (χ0v) is 11.9. The maximum absolute atomic E-state index is 11.9. The molecular weight excluding hydrogens is 274 g/mol. The largest absolute Gasteiger partial charge is 0.355 e. The van der Waals surface area contributed by atoms with Gasteiger partial charge in [0.25, 0.3) is 0 Å². The fraction of sp³-hybridized carbons (Fsp3) is 0.417. The maximum atomic E-state index is 11.9. The molecule has 0 aliphatic heterocycles. The fourth-order valence-electron chi connectivity index (χ4n) is 1.27. The third kappa shape index (κ3) is 4.66. The van der Waals surface area contributed by atoms with Crippen molar-refractivity contribution >= 4 is 27.3 Å². The van der Waals surface area contributed by atoms with Gasteiger partial charge in [0.2, 0.25) is 5.91 Å². The third-order valence-electron chi connectivity index (χ3n) is 2.20. The Kier molecular flexibility index (Phi) is 5.16. The van der Waals surface area contributed by atoms with Gasteiger partial charge in [0.15, 0.2) is 9.84 Å². The van der Waals surface area contributed by atoms with Crippen molar-refractivity contribution in [2.75, 3.05) is 12.3 Å². The quantitative estimate of drug-likeness (QED) is 0.900. The van der Waals surface area contributed by atoms with Crippen LogP contribution in [0, 0.1) is 5.92 Å². The van der Waals surface area contributed by atoms with E-state index in [9.17, 15) is 13.2 Å². The summed E-state index contributed by atoms with van der Waals surface area (Å²) in [5, 5.41) is 3.03. The minimum Gasteiger partial charge on any atom is -0.355 e. The number of carbonyl (C=O) groups is 1. The smallest absolute Gasteiger partial charge is 0.235 e. The summed E-state index contributed by atoms with van der Waals surface area (Å²) in [6, 6.07) is 5.77. The van der Waals surface area contributed by atoms with Gasteiger partial charge in [0.1, 0.15) is 5.75 Å².